The summed E-state index contributed by atoms with van der Waals surface area (Å²) in [6, 6.07) is 27.3. The molecule has 0 amide bonds. The average Bonchev–Trinajstić information content (AvgIpc) is 2.61. The van der Waals surface area contributed by atoms with Gasteiger partial charge in [-0.3, -0.25) is 0 Å². The molecular formula is C21H20O. The Bertz CT molecular complexity index is 732. The number of hydrogen-bond acceptors (Lipinski definition) is 1. The van der Waals surface area contributed by atoms with Crippen molar-refractivity contribution in [3.8, 4) is 28.0 Å². The summed E-state index contributed by atoms with van der Waals surface area (Å²) in [5.74, 6) is 0.953. The van der Waals surface area contributed by atoms with Crippen molar-refractivity contribution in [2.75, 3.05) is 6.61 Å². The molecule has 110 valence electrons. The minimum Gasteiger partial charge on any atom is -0.493 e. The van der Waals surface area contributed by atoms with Crippen LogP contribution in [0, 0.1) is 0 Å². The van der Waals surface area contributed by atoms with E-state index in [1.165, 1.54) is 16.7 Å². The Labute approximate surface area is 132 Å². The highest BCUT2D eigenvalue weighted by molar-refractivity contribution is 5.76. The fourth-order valence-electron chi connectivity index (χ4n) is 2.54. The van der Waals surface area contributed by atoms with Gasteiger partial charge in [-0.25, -0.2) is 0 Å². The van der Waals surface area contributed by atoms with Gasteiger partial charge in [0.1, 0.15) is 5.75 Å². The molecule has 0 spiro atoms. The van der Waals surface area contributed by atoms with Crippen LogP contribution in [0.4, 0.5) is 0 Å². The van der Waals surface area contributed by atoms with Gasteiger partial charge < -0.3 is 4.74 Å². The van der Waals surface area contributed by atoms with Crippen molar-refractivity contribution in [1.82, 2.24) is 0 Å². The van der Waals surface area contributed by atoms with E-state index in [4.69, 9.17) is 4.74 Å². The van der Waals surface area contributed by atoms with Gasteiger partial charge >= 0.3 is 0 Å². The van der Waals surface area contributed by atoms with Crippen LogP contribution in [0.3, 0.4) is 0 Å². The van der Waals surface area contributed by atoms with E-state index in [0.717, 1.165) is 24.3 Å². The van der Waals surface area contributed by atoms with Crippen LogP contribution in [-0.4, -0.2) is 6.61 Å². The second-order valence-corrected chi connectivity index (χ2v) is 5.29. The minimum atomic E-state index is 0.745. The second-order valence-electron chi connectivity index (χ2n) is 5.29. The van der Waals surface area contributed by atoms with Crippen molar-refractivity contribution in [2.45, 2.75) is 13.3 Å². The molecule has 0 heterocycles. The van der Waals surface area contributed by atoms with Crippen LogP contribution in [0.1, 0.15) is 13.3 Å². The Morgan fingerprint density at radius 2 is 1.36 bits per heavy atom. The normalized spacial score (nSPS) is 10.4. The Balaban J connectivity index is 1.99. The average molecular weight is 288 g/mol. The standard InChI is InChI=1S/C21H20O/c1-2-15-22-21-14-7-6-13-20(21)19-12-8-11-18(16-19)17-9-4-3-5-10-17/h3-14,16H,2,15H2,1H3. The maximum atomic E-state index is 5.89. The van der Waals surface area contributed by atoms with Crippen LogP contribution < -0.4 is 4.74 Å². The lowest BCUT2D eigenvalue weighted by Gasteiger charge is -2.12. The molecule has 0 fully saturated rings. The lowest BCUT2D eigenvalue weighted by molar-refractivity contribution is 0.318. The van der Waals surface area contributed by atoms with Crippen LogP contribution in [0.5, 0.6) is 5.75 Å². The summed E-state index contributed by atoms with van der Waals surface area (Å²) >= 11 is 0. The van der Waals surface area contributed by atoms with E-state index in [1.807, 2.05) is 18.2 Å². The van der Waals surface area contributed by atoms with Gasteiger partial charge in [0.15, 0.2) is 0 Å². The number of rotatable bonds is 5. The maximum Gasteiger partial charge on any atom is 0.127 e. The first-order valence-corrected chi connectivity index (χ1v) is 7.76. The molecule has 0 radical (unpaired) electrons. The van der Waals surface area contributed by atoms with Gasteiger partial charge in [-0.2, -0.15) is 0 Å². The molecule has 0 saturated heterocycles. The highest BCUT2D eigenvalue weighted by Crippen LogP contribution is 2.32. The lowest BCUT2D eigenvalue weighted by Crippen LogP contribution is -1.96. The molecule has 1 heteroatoms. The molecule has 3 aromatic carbocycles. The predicted molar refractivity (Wildman–Crippen MR) is 93.1 cm³/mol. The molecule has 0 aliphatic rings. The maximum absolute atomic E-state index is 5.89. The smallest absolute Gasteiger partial charge is 0.127 e. The fourth-order valence-corrected chi connectivity index (χ4v) is 2.54. The first kappa shape index (κ1) is 14.4. The number of benzene rings is 3. The largest absolute Gasteiger partial charge is 0.493 e. The quantitative estimate of drug-likeness (QED) is 0.575. The van der Waals surface area contributed by atoms with Gasteiger partial charge in [-0.1, -0.05) is 73.7 Å². The summed E-state index contributed by atoms with van der Waals surface area (Å²) in [6.07, 6.45) is 1.01. The van der Waals surface area contributed by atoms with Crippen LogP contribution in [0.2, 0.25) is 0 Å². The summed E-state index contributed by atoms with van der Waals surface area (Å²) in [5, 5.41) is 0. The van der Waals surface area contributed by atoms with Crippen molar-refractivity contribution in [3.05, 3.63) is 78.9 Å². The predicted octanol–water partition coefficient (Wildman–Crippen LogP) is 5.81. The summed E-state index contributed by atoms with van der Waals surface area (Å²) in [5.41, 5.74) is 4.79. The monoisotopic (exact) mass is 288 g/mol. The zero-order valence-electron chi connectivity index (χ0n) is 12.8. The molecule has 1 nitrogen and oxygen atoms in total. The third-order valence-corrected chi connectivity index (χ3v) is 3.63. The second kappa shape index (κ2) is 6.95. The molecule has 3 aromatic rings. The van der Waals surface area contributed by atoms with Gasteiger partial charge in [0.05, 0.1) is 6.61 Å². The van der Waals surface area contributed by atoms with Gasteiger partial charge in [0.2, 0.25) is 0 Å². The van der Waals surface area contributed by atoms with Gasteiger partial charge in [0, 0.05) is 5.56 Å². The van der Waals surface area contributed by atoms with Crippen molar-refractivity contribution in [2.24, 2.45) is 0 Å². The van der Waals surface area contributed by atoms with Gasteiger partial charge in [0.25, 0.3) is 0 Å². The highest BCUT2D eigenvalue weighted by Gasteiger charge is 2.07. The van der Waals surface area contributed by atoms with Crippen molar-refractivity contribution in [1.29, 1.82) is 0 Å². The lowest BCUT2D eigenvalue weighted by atomic mass is 9.98. The van der Waals surface area contributed by atoms with Crippen LogP contribution in [-0.2, 0) is 0 Å². The zero-order chi connectivity index (χ0) is 15.2. The van der Waals surface area contributed by atoms with Crippen molar-refractivity contribution >= 4 is 0 Å². The molecule has 0 unspecified atom stereocenters. The molecule has 3 rings (SSSR count). The van der Waals surface area contributed by atoms with Crippen molar-refractivity contribution in [3.63, 3.8) is 0 Å². The van der Waals surface area contributed by atoms with E-state index < -0.39 is 0 Å². The van der Waals surface area contributed by atoms with Crippen LogP contribution in [0.15, 0.2) is 78.9 Å². The number of hydrogen-bond donors (Lipinski definition) is 0. The van der Waals surface area contributed by atoms with Crippen molar-refractivity contribution < 1.29 is 4.74 Å². The molecule has 0 aliphatic carbocycles. The van der Waals surface area contributed by atoms with E-state index in [2.05, 4.69) is 67.6 Å². The number of ether oxygens (including phenoxy) is 1. The molecule has 0 bridgehead atoms. The summed E-state index contributed by atoms with van der Waals surface area (Å²) in [4.78, 5) is 0. The third-order valence-electron chi connectivity index (χ3n) is 3.63. The third kappa shape index (κ3) is 3.20. The Morgan fingerprint density at radius 3 is 2.18 bits per heavy atom. The van der Waals surface area contributed by atoms with Gasteiger partial charge in [-0.15, -0.1) is 0 Å². The first-order chi connectivity index (χ1) is 10.9. The summed E-state index contributed by atoms with van der Waals surface area (Å²) < 4.78 is 5.89. The minimum absolute atomic E-state index is 0.745. The summed E-state index contributed by atoms with van der Waals surface area (Å²) in [6.45, 7) is 2.87. The molecule has 0 saturated carbocycles. The van der Waals surface area contributed by atoms with E-state index in [-0.39, 0.29) is 0 Å². The first-order valence-electron chi connectivity index (χ1n) is 7.76. The molecule has 0 atom stereocenters. The van der Waals surface area contributed by atoms with E-state index >= 15 is 0 Å². The molecular weight excluding hydrogens is 268 g/mol. The van der Waals surface area contributed by atoms with E-state index in [9.17, 15) is 0 Å². The van der Waals surface area contributed by atoms with Crippen LogP contribution >= 0.6 is 0 Å². The van der Waals surface area contributed by atoms with Crippen LogP contribution in [0.25, 0.3) is 22.3 Å². The molecule has 22 heavy (non-hydrogen) atoms. The van der Waals surface area contributed by atoms with E-state index in [0.29, 0.717) is 0 Å². The van der Waals surface area contributed by atoms with E-state index in [1.54, 1.807) is 0 Å². The number of para-hydroxylation sites is 1. The molecule has 0 aliphatic heterocycles. The summed E-state index contributed by atoms with van der Waals surface area (Å²) in [7, 11) is 0. The SMILES string of the molecule is CCCOc1ccccc1-c1cccc(-c2ccccc2)c1. The zero-order valence-corrected chi connectivity index (χ0v) is 12.8. The molecule has 0 aromatic heterocycles. The molecule has 0 N–H and O–H groups in total. The highest BCUT2D eigenvalue weighted by atomic mass is 16.5. The topological polar surface area (TPSA) is 9.23 Å². The van der Waals surface area contributed by atoms with Gasteiger partial charge in [-0.05, 0) is 35.2 Å². The Kier molecular flexibility index (Phi) is 4.55. The fraction of sp³-hybridized carbons (Fsp3) is 0.143. The Hall–Kier alpha value is -2.54. The Morgan fingerprint density at radius 1 is 0.682 bits per heavy atom.